The third-order valence-electron chi connectivity index (χ3n) is 6.94. The van der Waals surface area contributed by atoms with Crippen molar-refractivity contribution in [3.63, 3.8) is 0 Å². The van der Waals surface area contributed by atoms with Gasteiger partial charge < -0.3 is 19.9 Å². The SMILES string of the molecule is COc1ccc(CNC(=O)N2[C@H]3CN(Cc4ccc(C)cc4)C(=O)[C@H](CC(C)C)N3C(=O)CN2C)cc1. The first kappa shape index (κ1) is 26.5. The maximum absolute atomic E-state index is 13.6. The van der Waals surface area contributed by atoms with Gasteiger partial charge in [0.2, 0.25) is 11.8 Å². The van der Waals surface area contributed by atoms with Crippen LogP contribution in [0.2, 0.25) is 0 Å². The maximum Gasteiger partial charge on any atom is 0.334 e. The first-order chi connectivity index (χ1) is 17.7. The molecule has 0 saturated carbocycles. The molecule has 0 radical (unpaired) electrons. The van der Waals surface area contributed by atoms with Crippen LogP contribution in [0.15, 0.2) is 48.5 Å². The largest absolute Gasteiger partial charge is 0.497 e. The van der Waals surface area contributed by atoms with E-state index < -0.39 is 12.2 Å². The second-order valence-electron chi connectivity index (χ2n) is 10.3. The van der Waals surface area contributed by atoms with Gasteiger partial charge in [-0.2, -0.15) is 0 Å². The number of aryl methyl sites for hydroxylation is 1. The van der Waals surface area contributed by atoms with E-state index in [1.165, 1.54) is 0 Å². The summed E-state index contributed by atoms with van der Waals surface area (Å²) in [5.41, 5.74) is 3.10. The van der Waals surface area contributed by atoms with E-state index in [0.717, 1.165) is 22.4 Å². The van der Waals surface area contributed by atoms with Crippen LogP contribution in [-0.2, 0) is 22.7 Å². The van der Waals surface area contributed by atoms with Crippen LogP contribution in [0.1, 0.15) is 37.0 Å². The molecule has 2 aliphatic rings. The molecule has 0 unspecified atom stereocenters. The second-order valence-corrected chi connectivity index (χ2v) is 10.3. The molecule has 2 aromatic rings. The van der Waals surface area contributed by atoms with Crippen molar-refractivity contribution in [3.05, 3.63) is 65.2 Å². The average Bonchev–Trinajstić information content (AvgIpc) is 2.86. The fourth-order valence-corrected chi connectivity index (χ4v) is 5.04. The average molecular weight is 508 g/mol. The van der Waals surface area contributed by atoms with E-state index in [-0.39, 0.29) is 36.9 Å². The molecule has 37 heavy (non-hydrogen) atoms. The van der Waals surface area contributed by atoms with Crippen LogP contribution < -0.4 is 10.1 Å². The molecule has 2 saturated heterocycles. The molecule has 0 aliphatic carbocycles. The zero-order valence-electron chi connectivity index (χ0n) is 22.3. The molecule has 0 spiro atoms. The number of nitrogens with zero attached hydrogens (tertiary/aromatic N) is 4. The van der Waals surface area contributed by atoms with E-state index in [0.29, 0.717) is 19.5 Å². The van der Waals surface area contributed by atoms with Crippen LogP contribution >= 0.6 is 0 Å². The first-order valence-electron chi connectivity index (χ1n) is 12.7. The third kappa shape index (κ3) is 5.88. The number of ether oxygens (including phenoxy) is 1. The maximum atomic E-state index is 13.6. The van der Waals surface area contributed by atoms with Crippen LogP contribution in [0.3, 0.4) is 0 Å². The predicted octanol–water partition coefficient (Wildman–Crippen LogP) is 2.99. The number of carbonyl (C=O) groups is 3. The minimum atomic E-state index is -0.609. The van der Waals surface area contributed by atoms with Gasteiger partial charge in [-0.25, -0.2) is 14.8 Å². The highest BCUT2D eigenvalue weighted by atomic mass is 16.5. The van der Waals surface area contributed by atoms with Crippen LogP contribution in [0, 0.1) is 12.8 Å². The lowest BCUT2D eigenvalue weighted by Gasteiger charge is -2.54. The molecule has 9 heteroatoms. The number of piperazine rings is 1. The highest BCUT2D eigenvalue weighted by Crippen LogP contribution is 2.29. The molecule has 2 aromatic carbocycles. The summed E-state index contributed by atoms with van der Waals surface area (Å²) in [6.45, 7) is 7.15. The first-order valence-corrected chi connectivity index (χ1v) is 12.7. The minimum Gasteiger partial charge on any atom is -0.497 e. The fourth-order valence-electron chi connectivity index (χ4n) is 5.04. The number of hydrogen-bond donors (Lipinski definition) is 1. The molecule has 2 aliphatic heterocycles. The Labute approximate surface area is 218 Å². The summed E-state index contributed by atoms with van der Waals surface area (Å²) in [4.78, 5) is 43.8. The van der Waals surface area contributed by atoms with Gasteiger partial charge in [-0.1, -0.05) is 55.8 Å². The highest BCUT2D eigenvalue weighted by Gasteiger charge is 2.50. The van der Waals surface area contributed by atoms with Crippen molar-refractivity contribution < 1.29 is 19.1 Å². The van der Waals surface area contributed by atoms with Gasteiger partial charge in [0.15, 0.2) is 0 Å². The quantitative estimate of drug-likeness (QED) is 0.623. The molecule has 4 amide bonds. The zero-order chi connectivity index (χ0) is 26.7. The van der Waals surface area contributed by atoms with E-state index in [4.69, 9.17) is 4.74 Å². The molecular formula is C28H37N5O4. The fraction of sp³-hybridized carbons (Fsp3) is 0.464. The van der Waals surface area contributed by atoms with Crippen molar-refractivity contribution in [3.8, 4) is 5.75 Å². The molecule has 198 valence electrons. The summed E-state index contributed by atoms with van der Waals surface area (Å²) >= 11 is 0. The van der Waals surface area contributed by atoms with Crippen LogP contribution in [0.5, 0.6) is 5.75 Å². The number of nitrogens with one attached hydrogen (secondary N) is 1. The molecule has 0 aromatic heterocycles. The normalized spacial score (nSPS) is 20.3. The molecular weight excluding hydrogens is 470 g/mol. The number of hydrogen-bond acceptors (Lipinski definition) is 5. The molecule has 2 heterocycles. The molecule has 2 atom stereocenters. The monoisotopic (exact) mass is 507 g/mol. The van der Waals surface area contributed by atoms with Crippen molar-refractivity contribution in [1.82, 2.24) is 25.1 Å². The molecule has 2 fully saturated rings. The van der Waals surface area contributed by atoms with Gasteiger partial charge >= 0.3 is 6.03 Å². The molecule has 0 bridgehead atoms. The summed E-state index contributed by atoms with van der Waals surface area (Å²) in [6, 6.07) is 14.7. The van der Waals surface area contributed by atoms with Gasteiger partial charge in [0.05, 0.1) is 20.2 Å². The molecule has 9 nitrogen and oxygen atoms in total. The lowest BCUT2D eigenvalue weighted by atomic mass is 9.96. The third-order valence-corrected chi connectivity index (χ3v) is 6.94. The summed E-state index contributed by atoms with van der Waals surface area (Å²) < 4.78 is 5.21. The Morgan fingerprint density at radius 1 is 1.05 bits per heavy atom. The van der Waals surface area contributed by atoms with Gasteiger partial charge in [-0.05, 0) is 42.5 Å². The number of urea groups is 1. The Balaban J connectivity index is 1.58. The Kier molecular flexibility index (Phi) is 8.02. The van der Waals surface area contributed by atoms with Gasteiger partial charge in [0.25, 0.3) is 0 Å². The predicted molar refractivity (Wildman–Crippen MR) is 140 cm³/mol. The summed E-state index contributed by atoms with van der Waals surface area (Å²) in [7, 11) is 3.35. The standard InChI is InChI=1S/C28H37N5O4/c1-19(2)14-24-27(35)31(16-22-8-6-20(3)7-9-22)17-25-32(24)26(34)18-30(4)33(25)28(36)29-15-21-10-12-23(37-5)13-11-21/h6-13,19,24-25H,14-18H2,1-5H3,(H,29,36)/t24-,25-/m0/s1. The van der Waals surface area contributed by atoms with Crippen molar-refractivity contribution >= 4 is 17.8 Å². The minimum absolute atomic E-state index is 0.0340. The molecule has 4 rings (SSSR count). The lowest BCUT2D eigenvalue weighted by molar-refractivity contribution is -0.188. The zero-order valence-corrected chi connectivity index (χ0v) is 22.3. The second kappa shape index (κ2) is 11.2. The smallest absolute Gasteiger partial charge is 0.334 e. The number of amides is 4. The van der Waals surface area contributed by atoms with E-state index in [9.17, 15) is 14.4 Å². The Bertz CT molecular complexity index is 1120. The van der Waals surface area contributed by atoms with Crippen molar-refractivity contribution in [2.45, 2.75) is 52.5 Å². The summed E-state index contributed by atoms with van der Waals surface area (Å²) in [6.07, 6.45) is -0.0507. The van der Waals surface area contributed by atoms with Crippen LogP contribution in [0.25, 0.3) is 0 Å². The Morgan fingerprint density at radius 2 is 1.70 bits per heavy atom. The number of benzene rings is 2. The number of methoxy groups -OCH3 is 1. The summed E-state index contributed by atoms with van der Waals surface area (Å²) in [5.74, 6) is 0.748. The number of hydrazine groups is 1. The van der Waals surface area contributed by atoms with Crippen LogP contribution in [-0.4, -0.2) is 77.1 Å². The van der Waals surface area contributed by atoms with Crippen molar-refractivity contribution in [2.24, 2.45) is 5.92 Å². The topological polar surface area (TPSA) is 85.4 Å². The number of carbonyl (C=O) groups excluding carboxylic acids is 3. The highest BCUT2D eigenvalue weighted by molar-refractivity contribution is 5.91. The Morgan fingerprint density at radius 3 is 2.32 bits per heavy atom. The number of likely N-dealkylation sites (N-methyl/N-ethyl adjacent to an activating group) is 1. The van der Waals surface area contributed by atoms with Crippen molar-refractivity contribution in [2.75, 3.05) is 27.2 Å². The van der Waals surface area contributed by atoms with E-state index >= 15 is 0 Å². The van der Waals surface area contributed by atoms with Gasteiger partial charge in [0, 0.05) is 20.1 Å². The van der Waals surface area contributed by atoms with Crippen molar-refractivity contribution in [1.29, 1.82) is 0 Å². The number of rotatable bonds is 7. The Hall–Kier alpha value is -3.59. The van der Waals surface area contributed by atoms with Crippen LogP contribution in [0.4, 0.5) is 4.79 Å². The van der Waals surface area contributed by atoms with Gasteiger partial charge in [-0.3, -0.25) is 9.59 Å². The molecule has 1 N–H and O–H groups in total. The van der Waals surface area contributed by atoms with E-state index in [1.807, 2.05) is 69.3 Å². The lowest BCUT2D eigenvalue weighted by Crippen LogP contribution is -2.75. The summed E-state index contributed by atoms with van der Waals surface area (Å²) in [5, 5.41) is 6.23. The van der Waals surface area contributed by atoms with Gasteiger partial charge in [0.1, 0.15) is 18.0 Å². The number of fused-ring (bicyclic) bond motifs is 1. The van der Waals surface area contributed by atoms with Gasteiger partial charge in [-0.15, -0.1) is 0 Å². The van der Waals surface area contributed by atoms with E-state index in [2.05, 4.69) is 5.32 Å². The van der Waals surface area contributed by atoms with E-state index in [1.54, 1.807) is 34.0 Å².